The fourth-order valence-electron chi connectivity index (χ4n) is 5.99. The lowest BCUT2D eigenvalue weighted by Gasteiger charge is -2.36. The van der Waals surface area contributed by atoms with E-state index in [2.05, 4.69) is 5.32 Å². The number of ketones is 1. The van der Waals surface area contributed by atoms with Gasteiger partial charge >= 0.3 is 0 Å². The standard InChI is InChI=1S/C32H30ClN3O4/c1-18-28-29(19-10-12-22(33)13-11-19)30-24(34-32(28)36(35-18)23-8-6-5-7-9-23)14-20(15-25(30)37)21-16-26(38-2)31(40-4)27(17-21)39-3/h5-13,16-17,20,29,34H,14-15H2,1-4H3/t20-,29-/m0/s1. The molecule has 2 heterocycles. The van der Waals surface area contributed by atoms with Crippen LogP contribution in [-0.4, -0.2) is 36.9 Å². The van der Waals surface area contributed by atoms with Gasteiger partial charge in [0, 0.05) is 34.2 Å². The van der Waals surface area contributed by atoms with Crippen molar-refractivity contribution in [2.24, 2.45) is 0 Å². The molecule has 0 spiro atoms. The number of methoxy groups -OCH3 is 3. The number of aryl methyl sites for hydroxylation is 1. The van der Waals surface area contributed by atoms with Crippen LogP contribution < -0.4 is 19.5 Å². The Hall–Kier alpha value is -4.23. The van der Waals surface area contributed by atoms with Crippen molar-refractivity contribution in [3.8, 4) is 22.9 Å². The lowest BCUT2D eigenvalue weighted by Crippen LogP contribution is -2.30. The first kappa shape index (κ1) is 26.0. The molecular weight excluding hydrogens is 526 g/mol. The predicted molar refractivity (Wildman–Crippen MR) is 155 cm³/mol. The van der Waals surface area contributed by atoms with Crippen molar-refractivity contribution in [3.05, 3.63) is 105 Å². The Morgan fingerprint density at radius 1 is 0.900 bits per heavy atom. The van der Waals surface area contributed by atoms with Gasteiger partial charge in [0.2, 0.25) is 5.75 Å². The van der Waals surface area contributed by atoms with Crippen LogP contribution in [0.4, 0.5) is 5.82 Å². The molecule has 6 rings (SSSR count). The molecule has 0 radical (unpaired) electrons. The van der Waals surface area contributed by atoms with E-state index in [0.717, 1.165) is 45.2 Å². The van der Waals surface area contributed by atoms with Crippen LogP contribution in [0.15, 0.2) is 78.0 Å². The van der Waals surface area contributed by atoms with Gasteiger partial charge in [0.25, 0.3) is 0 Å². The molecule has 8 heteroatoms. The summed E-state index contributed by atoms with van der Waals surface area (Å²) in [5.41, 5.74) is 6.48. The second-order valence-electron chi connectivity index (χ2n) is 10.1. The van der Waals surface area contributed by atoms with Gasteiger partial charge in [-0.1, -0.05) is 41.9 Å². The van der Waals surface area contributed by atoms with Crippen LogP contribution in [0.5, 0.6) is 17.2 Å². The van der Waals surface area contributed by atoms with Gasteiger partial charge in [-0.05, 0) is 66.8 Å². The Balaban J connectivity index is 1.49. The molecule has 2 atom stereocenters. The summed E-state index contributed by atoms with van der Waals surface area (Å²) in [6.07, 6.45) is 1.01. The second-order valence-corrected chi connectivity index (χ2v) is 10.5. The highest BCUT2D eigenvalue weighted by Crippen LogP contribution is 2.51. The van der Waals surface area contributed by atoms with E-state index in [1.54, 1.807) is 21.3 Å². The smallest absolute Gasteiger partial charge is 0.203 e. The summed E-state index contributed by atoms with van der Waals surface area (Å²) >= 11 is 6.25. The molecule has 0 bridgehead atoms. The van der Waals surface area contributed by atoms with Gasteiger partial charge in [-0.2, -0.15) is 5.10 Å². The number of ether oxygens (including phenoxy) is 3. The Morgan fingerprint density at radius 3 is 2.20 bits per heavy atom. The topological polar surface area (TPSA) is 74.6 Å². The van der Waals surface area contributed by atoms with Crippen molar-refractivity contribution in [2.45, 2.75) is 31.6 Å². The fourth-order valence-corrected chi connectivity index (χ4v) is 6.12. The largest absolute Gasteiger partial charge is 0.493 e. The minimum atomic E-state index is -0.255. The molecule has 4 aromatic rings. The number of fused-ring (bicyclic) bond motifs is 1. The molecule has 1 aliphatic carbocycles. The summed E-state index contributed by atoms with van der Waals surface area (Å²) in [7, 11) is 4.78. The van der Waals surface area contributed by atoms with E-state index < -0.39 is 0 Å². The lowest BCUT2D eigenvalue weighted by molar-refractivity contribution is -0.116. The maximum Gasteiger partial charge on any atom is 0.203 e. The van der Waals surface area contributed by atoms with Crippen LogP contribution in [0.1, 0.15) is 47.1 Å². The number of Topliss-reactive ketones (excluding diaryl/α,β-unsaturated/α-hetero) is 1. The number of allylic oxidation sites excluding steroid dienone is 2. The van der Waals surface area contributed by atoms with E-state index in [9.17, 15) is 4.79 Å². The van der Waals surface area contributed by atoms with Crippen LogP contribution in [0.3, 0.4) is 0 Å². The van der Waals surface area contributed by atoms with Crippen LogP contribution in [0, 0.1) is 6.92 Å². The number of benzene rings is 3. The highest BCUT2D eigenvalue weighted by molar-refractivity contribution is 6.30. The van der Waals surface area contributed by atoms with Crippen LogP contribution >= 0.6 is 11.6 Å². The van der Waals surface area contributed by atoms with Gasteiger partial charge in [0.15, 0.2) is 17.3 Å². The van der Waals surface area contributed by atoms with Gasteiger partial charge in [0.1, 0.15) is 5.82 Å². The predicted octanol–water partition coefficient (Wildman–Crippen LogP) is 6.82. The molecule has 1 N–H and O–H groups in total. The number of hydrogen-bond acceptors (Lipinski definition) is 6. The van der Waals surface area contributed by atoms with E-state index in [-0.39, 0.29) is 17.6 Å². The summed E-state index contributed by atoms with van der Waals surface area (Å²) < 4.78 is 18.7. The third-order valence-electron chi connectivity index (χ3n) is 7.82. The van der Waals surface area contributed by atoms with Crippen molar-refractivity contribution in [2.75, 3.05) is 26.6 Å². The average Bonchev–Trinajstić information content (AvgIpc) is 3.31. The monoisotopic (exact) mass is 555 g/mol. The minimum Gasteiger partial charge on any atom is -0.493 e. The molecule has 0 saturated heterocycles. The van der Waals surface area contributed by atoms with Gasteiger partial charge < -0.3 is 19.5 Å². The molecule has 2 aliphatic rings. The van der Waals surface area contributed by atoms with Crippen LogP contribution in [0.2, 0.25) is 5.02 Å². The molecule has 204 valence electrons. The minimum absolute atomic E-state index is 0.0749. The molecule has 7 nitrogen and oxygen atoms in total. The number of nitrogens with zero attached hydrogens (tertiary/aromatic N) is 2. The van der Waals surface area contributed by atoms with Crippen LogP contribution in [-0.2, 0) is 4.79 Å². The zero-order valence-corrected chi connectivity index (χ0v) is 23.6. The second kappa shape index (κ2) is 10.4. The van der Waals surface area contributed by atoms with Crippen molar-refractivity contribution in [3.63, 3.8) is 0 Å². The molecule has 40 heavy (non-hydrogen) atoms. The van der Waals surface area contributed by atoms with Gasteiger partial charge in [0.05, 0.1) is 32.7 Å². The first-order chi connectivity index (χ1) is 19.4. The Labute approximate surface area is 238 Å². The molecule has 3 aromatic carbocycles. The van der Waals surface area contributed by atoms with E-state index in [1.165, 1.54) is 0 Å². The third kappa shape index (κ3) is 4.31. The maximum absolute atomic E-state index is 14.1. The average molecular weight is 556 g/mol. The maximum atomic E-state index is 14.1. The zero-order chi connectivity index (χ0) is 28.0. The molecule has 0 saturated carbocycles. The molecule has 1 aliphatic heterocycles. The lowest BCUT2D eigenvalue weighted by atomic mass is 9.72. The van der Waals surface area contributed by atoms with Gasteiger partial charge in [-0.15, -0.1) is 0 Å². The fraction of sp³-hybridized carbons (Fsp3) is 0.250. The van der Waals surface area contributed by atoms with Crippen molar-refractivity contribution in [1.82, 2.24) is 9.78 Å². The molecule has 0 unspecified atom stereocenters. The van der Waals surface area contributed by atoms with E-state index in [0.29, 0.717) is 35.1 Å². The van der Waals surface area contributed by atoms with E-state index >= 15 is 0 Å². The number of aromatic nitrogens is 2. The number of halogens is 1. The number of carbonyl (C=O) groups excluding carboxylic acids is 1. The highest BCUT2D eigenvalue weighted by atomic mass is 35.5. The van der Waals surface area contributed by atoms with E-state index in [4.69, 9.17) is 30.9 Å². The molecule has 1 aromatic heterocycles. The summed E-state index contributed by atoms with van der Waals surface area (Å²) in [6, 6.07) is 21.7. The quantitative estimate of drug-likeness (QED) is 0.281. The van der Waals surface area contributed by atoms with Gasteiger partial charge in [-0.25, -0.2) is 4.68 Å². The number of para-hydroxylation sites is 1. The Morgan fingerprint density at radius 2 is 1.57 bits per heavy atom. The summed E-state index contributed by atoms with van der Waals surface area (Å²) in [5.74, 6) is 2.31. The van der Waals surface area contributed by atoms with Crippen molar-refractivity contribution >= 4 is 23.2 Å². The Kier molecular flexibility index (Phi) is 6.76. The van der Waals surface area contributed by atoms with E-state index in [1.807, 2.05) is 78.3 Å². The first-order valence-electron chi connectivity index (χ1n) is 13.2. The summed E-state index contributed by atoms with van der Waals surface area (Å²) in [4.78, 5) is 14.1. The number of rotatable bonds is 6. The SMILES string of the molecule is COc1cc([C@@H]2CC(=O)C3=C(C2)Nc2c(c(C)nn2-c2ccccc2)[C@@H]3c2ccc(Cl)cc2)cc(OC)c1OC. The van der Waals surface area contributed by atoms with Crippen LogP contribution in [0.25, 0.3) is 5.69 Å². The molecular formula is C32H30ClN3O4. The van der Waals surface area contributed by atoms with Crippen molar-refractivity contribution < 1.29 is 19.0 Å². The summed E-state index contributed by atoms with van der Waals surface area (Å²) in [6.45, 7) is 2.00. The number of anilines is 1. The molecule has 0 amide bonds. The zero-order valence-electron chi connectivity index (χ0n) is 22.8. The number of carbonyl (C=O) groups is 1. The van der Waals surface area contributed by atoms with Crippen molar-refractivity contribution in [1.29, 1.82) is 0 Å². The highest BCUT2D eigenvalue weighted by Gasteiger charge is 2.41. The number of nitrogens with one attached hydrogen (secondary N) is 1. The molecule has 0 fully saturated rings. The normalized spacial score (nSPS) is 18.1. The third-order valence-corrected chi connectivity index (χ3v) is 8.08. The number of hydrogen-bond donors (Lipinski definition) is 1. The summed E-state index contributed by atoms with van der Waals surface area (Å²) in [5, 5.41) is 9.23. The van der Waals surface area contributed by atoms with Gasteiger partial charge in [-0.3, -0.25) is 4.79 Å². The first-order valence-corrected chi connectivity index (χ1v) is 13.5. The Bertz CT molecular complexity index is 1600.